The van der Waals surface area contributed by atoms with E-state index in [1.807, 2.05) is 25.1 Å². The van der Waals surface area contributed by atoms with Gasteiger partial charge in [-0.1, -0.05) is 6.07 Å². The van der Waals surface area contributed by atoms with Gasteiger partial charge in [0.15, 0.2) is 0 Å². The fourth-order valence-corrected chi connectivity index (χ4v) is 1.46. The van der Waals surface area contributed by atoms with Crippen LogP contribution in [0.2, 0.25) is 0 Å². The highest BCUT2D eigenvalue weighted by Crippen LogP contribution is 2.18. The van der Waals surface area contributed by atoms with Crippen LogP contribution in [-0.2, 0) is 0 Å². The Morgan fingerprint density at radius 1 is 1.12 bits per heavy atom. The molecule has 0 bridgehead atoms. The van der Waals surface area contributed by atoms with Crippen LogP contribution in [0.4, 0.5) is 4.79 Å². The molecule has 0 spiro atoms. The molecule has 7 heteroatoms. The quantitative estimate of drug-likeness (QED) is 0.553. The van der Waals surface area contributed by atoms with Crippen LogP contribution >= 0.6 is 25.3 Å². The van der Waals surface area contributed by atoms with Crippen molar-refractivity contribution in [1.82, 2.24) is 9.97 Å². The number of thiol groups is 2. The summed E-state index contributed by atoms with van der Waals surface area (Å²) in [7, 11) is 0. The molecule has 0 amide bonds. The molecule has 0 atom stereocenters. The van der Waals surface area contributed by atoms with Crippen LogP contribution in [0, 0.1) is 6.92 Å². The zero-order valence-corrected chi connectivity index (χ0v) is 10.6. The third kappa shape index (κ3) is 4.12. The number of rotatable bonds is 0. The van der Waals surface area contributed by atoms with Gasteiger partial charge in [-0.15, -0.1) is 25.3 Å². The van der Waals surface area contributed by atoms with Crippen LogP contribution < -0.4 is 0 Å². The van der Waals surface area contributed by atoms with E-state index < -0.39 is 6.16 Å². The maximum atomic E-state index is 8.56. The van der Waals surface area contributed by atoms with Crippen LogP contribution in [0.5, 0.6) is 0 Å². The van der Waals surface area contributed by atoms with Crippen molar-refractivity contribution >= 4 is 42.4 Å². The Labute approximate surface area is 108 Å². The minimum Gasteiger partial charge on any atom is -0.450 e. The number of carbonyl (C=O) groups is 1. The predicted octanol–water partition coefficient (Wildman–Crippen LogP) is 2.74. The van der Waals surface area contributed by atoms with Crippen molar-refractivity contribution in [2.24, 2.45) is 0 Å². The molecule has 0 aliphatic rings. The second-order valence-corrected chi connectivity index (χ2v) is 3.99. The summed E-state index contributed by atoms with van der Waals surface area (Å²) in [5.74, 6) is 0. The van der Waals surface area contributed by atoms with E-state index in [9.17, 15) is 0 Å². The van der Waals surface area contributed by atoms with Crippen LogP contribution in [0.3, 0.4) is 0 Å². The molecule has 0 radical (unpaired) electrons. The highest BCUT2D eigenvalue weighted by molar-refractivity contribution is 7.83. The number of hydrogen-bond acceptors (Lipinski definition) is 5. The largest absolute Gasteiger partial charge is 0.503 e. The second kappa shape index (κ2) is 5.74. The van der Waals surface area contributed by atoms with Gasteiger partial charge in [0.2, 0.25) is 0 Å². The van der Waals surface area contributed by atoms with Gasteiger partial charge in [0.1, 0.15) is 10.1 Å². The molecule has 1 aromatic carbocycles. The first-order valence-electron chi connectivity index (χ1n) is 4.48. The molecule has 0 fully saturated rings. The lowest BCUT2D eigenvalue weighted by Gasteiger charge is -2.01. The Morgan fingerprint density at radius 3 is 2.12 bits per heavy atom. The third-order valence-electron chi connectivity index (χ3n) is 1.78. The van der Waals surface area contributed by atoms with E-state index in [4.69, 9.17) is 15.0 Å². The fraction of sp³-hybridized carbons (Fsp3) is 0.100. The Bertz CT molecular complexity index is 556. The molecule has 2 N–H and O–H groups in total. The maximum absolute atomic E-state index is 8.56. The average molecular weight is 270 g/mol. The lowest BCUT2D eigenvalue weighted by Crippen LogP contribution is -1.88. The number of fused-ring (bicyclic) bond motifs is 1. The number of aryl methyl sites for hydroxylation is 1. The number of benzene rings is 1. The second-order valence-electron chi connectivity index (χ2n) is 3.15. The van der Waals surface area contributed by atoms with E-state index in [0.29, 0.717) is 10.1 Å². The first kappa shape index (κ1) is 13.6. The normalized spacial score (nSPS) is 9.59. The predicted molar refractivity (Wildman–Crippen MR) is 69.4 cm³/mol. The zero-order chi connectivity index (χ0) is 13.0. The van der Waals surface area contributed by atoms with Gasteiger partial charge in [0.25, 0.3) is 0 Å². The monoisotopic (exact) mass is 270 g/mol. The molecule has 0 saturated heterocycles. The summed E-state index contributed by atoms with van der Waals surface area (Å²) >= 11 is 8.31. The van der Waals surface area contributed by atoms with E-state index in [2.05, 4.69) is 35.2 Å². The van der Waals surface area contributed by atoms with Gasteiger partial charge in [-0.05, 0) is 24.6 Å². The topological polar surface area (TPSA) is 83.3 Å². The van der Waals surface area contributed by atoms with Crippen LogP contribution in [0.1, 0.15) is 5.56 Å². The average Bonchev–Trinajstić information content (AvgIpc) is 2.19. The van der Waals surface area contributed by atoms with Gasteiger partial charge in [0.05, 0.1) is 11.0 Å². The molecule has 2 aromatic rings. The molecule has 0 saturated carbocycles. The minimum absolute atomic E-state index is 0.569. The van der Waals surface area contributed by atoms with E-state index in [1.54, 1.807) is 0 Å². The number of carboxylic acid groups (broad SMARTS) is 2. The minimum atomic E-state index is -1.83. The molecule has 5 nitrogen and oxygen atoms in total. The standard InChI is InChI=1S/C9H8N2S2.CH2O3/c1-5-2-3-6-7(4-5)11-9(13)8(12)10-6;2-1(3)4/h2-4H,1H3,(H,10,12)(H,11,13);(H2,2,3,4). The highest BCUT2D eigenvalue weighted by Gasteiger charge is 2.01. The molecular formula is C10H10N2O3S2. The summed E-state index contributed by atoms with van der Waals surface area (Å²) in [5.41, 5.74) is 2.89. The molecule has 2 rings (SSSR count). The zero-order valence-electron chi connectivity index (χ0n) is 8.82. The molecule has 0 aliphatic carbocycles. The third-order valence-corrected chi connectivity index (χ3v) is 2.58. The fourth-order valence-electron chi connectivity index (χ4n) is 1.15. The Kier molecular flexibility index (Phi) is 4.59. The van der Waals surface area contributed by atoms with Crippen molar-refractivity contribution in [3.63, 3.8) is 0 Å². The maximum Gasteiger partial charge on any atom is 0.503 e. The molecule has 0 unspecified atom stereocenters. The summed E-state index contributed by atoms with van der Waals surface area (Å²) in [6.07, 6.45) is -1.83. The first-order chi connectivity index (χ1) is 7.90. The summed E-state index contributed by atoms with van der Waals surface area (Å²) in [6.45, 7) is 2.02. The van der Waals surface area contributed by atoms with Gasteiger partial charge >= 0.3 is 6.16 Å². The van der Waals surface area contributed by atoms with Crippen LogP contribution in [0.15, 0.2) is 28.3 Å². The van der Waals surface area contributed by atoms with Crippen molar-refractivity contribution in [3.8, 4) is 0 Å². The summed E-state index contributed by atoms with van der Waals surface area (Å²) < 4.78 is 0. The Hall–Kier alpha value is -1.47. The van der Waals surface area contributed by atoms with Gasteiger partial charge in [0, 0.05) is 0 Å². The molecule has 0 aliphatic heterocycles. The summed E-state index contributed by atoms with van der Waals surface area (Å²) in [4.78, 5) is 17.1. The molecule has 1 aromatic heterocycles. The van der Waals surface area contributed by atoms with Crippen molar-refractivity contribution < 1.29 is 15.0 Å². The number of nitrogens with zero attached hydrogens (tertiary/aromatic N) is 2. The van der Waals surface area contributed by atoms with E-state index in [-0.39, 0.29) is 0 Å². The van der Waals surface area contributed by atoms with Crippen LogP contribution in [-0.4, -0.2) is 26.3 Å². The van der Waals surface area contributed by atoms with E-state index in [1.165, 1.54) is 5.56 Å². The van der Waals surface area contributed by atoms with Crippen molar-refractivity contribution in [3.05, 3.63) is 23.8 Å². The number of hydrogen-bond donors (Lipinski definition) is 4. The molecule has 90 valence electrons. The van der Waals surface area contributed by atoms with E-state index in [0.717, 1.165) is 11.0 Å². The van der Waals surface area contributed by atoms with Gasteiger partial charge in [-0.25, -0.2) is 14.8 Å². The van der Waals surface area contributed by atoms with Crippen molar-refractivity contribution in [2.45, 2.75) is 17.0 Å². The summed E-state index contributed by atoms with van der Waals surface area (Å²) in [5, 5.41) is 15.1. The number of aromatic nitrogens is 2. The SMILES string of the molecule is Cc1ccc2nc(S)c(S)nc2c1.O=C(O)O. The lowest BCUT2D eigenvalue weighted by atomic mass is 10.2. The van der Waals surface area contributed by atoms with Gasteiger partial charge in [-0.3, -0.25) is 0 Å². The molecule has 17 heavy (non-hydrogen) atoms. The molecule has 1 heterocycles. The summed E-state index contributed by atoms with van der Waals surface area (Å²) in [6, 6.07) is 5.92. The van der Waals surface area contributed by atoms with Crippen molar-refractivity contribution in [1.29, 1.82) is 0 Å². The smallest absolute Gasteiger partial charge is 0.450 e. The van der Waals surface area contributed by atoms with Gasteiger partial charge in [-0.2, -0.15) is 0 Å². The lowest BCUT2D eigenvalue weighted by molar-refractivity contribution is 0.137. The van der Waals surface area contributed by atoms with Crippen molar-refractivity contribution in [2.75, 3.05) is 0 Å². The highest BCUT2D eigenvalue weighted by atomic mass is 32.1. The Balaban J connectivity index is 0.000000317. The van der Waals surface area contributed by atoms with Crippen LogP contribution in [0.25, 0.3) is 11.0 Å². The molecular weight excluding hydrogens is 260 g/mol. The van der Waals surface area contributed by atoms with Gasteiger partial charge < -0.3 is 10.2 Å². The van der Waals surface area contributed by atoms with E-state index >= 15 is 0 Å². The Morgan fingerprint density at radius 2 is 1.59 bits per heavy atom. The first-order valence-corrected chi connectivity index (χ1v) is 5.38.